The van der Waals surface area contributed by atoms with Crippen molar-refractivity contribution in [2.75, 3.05) is 12.4 Å². The molecule has 158 valence electrons. The number of carbonyl (C=O) groups is 2. The highest BCUT2D eigenvalue weighted by atomic mass is 35.5. The number of nitrogens with zero attached hydrogens (tertiary/aromatic N) is 1. The van der Waals surface area contributed by atoms with Gasteiger partial charge in [0, 0.05) is 23.4 Å². The van der Waals surface area contributed by atoms with Gasteiger partial charge in [-0.05, 0) is 30.3 Å². The molecule has 0 heterocycles. The van der Waals surface area contributed by atoms with Crippen LogP contribution in [0.4, 0.5) is 11.4 Å². The number of hydrogen-bond donors (Lipinski definition) is 1. The fourth-order valence-corrected chi connectivity index (χ4v) is 2.93. The number of carbonyl (C=O) groups excluding carboxylic acids is 2. The van der Waals surface area contributed by atoms with Crippen molar-refractivity contribution in [1.82, 2.24) is 0 Å². The molecule has 0 bridgehead atoms. The number of benzene rings is 3. The lowest BCUT2D eigenvalue weighted by atomic mass is 10.1. The van der Waals surface area contributed by atoms with Crippen LogP contribution >= 0.6 is 11.6 Å². The van der Waals surface area contributed by atoms with Crippen molar-refractivity contribution in [2.45, 2.75) is 6.10 Å². The van der Waals surface area contributed by atoms with Gasteiger partial charge in [0.1, 0.15) is 5.75 Å². The molecule has 3 aromatic carbocycles. The van der Waals surface area contributed by atoms with Gasteiger partial charge in [0.05, 0.1) is 22.6 Å². The third-order valence-electron chi connectivity index (χ3n) is 4.30. The molecule has 0 aliphatic carbocycles. The first-order valence-corrected chi connectivity index (χ1v) is 9.41. The molecule has 31 heavy (non-hydrogen) atoms. The zero-order valence-electron chi connectivity index (χ0n) is 16.3. The number of amides is 1. The third kappa shape index (κ3) is 5.37. The predicted molar refractivity (Wildman–Crippen MR) is 114 cm³/mol. The normalized spacial score (nSPS) is 11.3. The van der Waals surface area contributed by atoms with Crippen molar-refractivity contribution in [2.24, 2.45) is 0 Å². The molecule has 0 spiro atoms. The molecule has 3 aromatic rings. The Morgan fingerprint density at radius 1 is 1.03 bits per heavy atom. The van der Waals surface area contributed by atoms with Crippen LogP contribution in [0.15, 0.2) is 72.8 Å². The molecule has 3 rings (SSSR count). The Labute approximate surface area is 182 Å². The van der Waals surface area contributed by atoms with Crippen LogP contribution in [-0.2, 0) is 9.53 Å². The average molecular weight is 441 g/mol. The van der Waals surface area contributed by atoms with Crippen molar-refractivity contribution in [3.8, 4) is 5.75 Å². The van der Waals surface area contributed by atoms with E-state index >= 15 is 0 Å². The average Bonchev–Trinajstić information content (AvgIpc) is 2.78. The number of non-ortho nitro benzene ring substituents is 1. The fourth-order valence-electron chi connectivity index (χ4n) is 2.74. The molecule has 1 atom stereocenters. The van der Waals surface area contributed by atoms with E-state index in [0.29, 0.717) is 17.0 Å². The summed E-state index contributed by atoms with van der Waals surface area (Å²) >= 11 is 6.03. The first-order chi connectivity index (χ1) is 14.9. The number of anilines is 1. The molecule has 0 aliphatic rings. The molecule has 1 unspecified atom stereocenters. The van der Waals surface area contributed by atoms with E-state index in [9.17, 15) is 19.7 Å². The van der Waals surface area contributed by atoms with Gasteiger partial charge in [0.15, 0.2) is 0 Å². The van der Waals surface area contributed by atoms with Crippen LogP contribution in [0.1, 0.15) is 22.0 Å². The monoisotopic (exact) mass is 440 g/mol. The molecule has 1 amide bonds. The Kier molecular flexibility index (Phi) is 6.84. The van der Waals surface area contributed by atoms with Gasteiger partial charge < -0.3 is 14.8 Å². The first kappa shape index (κ1) is 21.8. The molecular formula is C22H17ClN2O6. The van der Waals surface area contributed by atoms with Crippen LogP contribution in [0, 0.1) is 10.1 Å². The largest absolute Gasteiger partial charge is 0.497 e. The summed E-state index contributed by atoms with van der Waals surface area (Å²) in [7, 11) is 1.53. The SMILES string of the molecule is COc1ccc(NC(=O)C(OC(=O)c2cc([N+](=O)[O-])ccc2Cl)c2ccccc2)cc1. The van der Waals surface area contributed by atoms with Crippen molar-refractivity contribution in [3.05, 3.63) is 99.1 Å². The Morgan fingerprint density at radius 2 is 1.71 bits per heavy atom. The fraction of sp³-hybridized carbons (Fsp3) is 0.0909. The Bertz CT molecular complexity index is 1100. The van der Waals surface area contributed by atoms with Crippen molar-refractivity contribution >= 4 is 34.9 Å². The number of methoxy groups -OCH3 is 1. The van der Waals surface area contributed by atoms with Crippen LogP contribution in [0.2, 0.25) is 5.02 Å². The van der Waals surface area contributed by atoms with Crippen molar-refractivity contribution in [1.29, 1.82) is 0 Å². The summed E-state index contributed by atoms with van der Waals surface area (Å²) in [4.78, 5) is 36.0. The predicted octanol–water partition coefficient (Wildman–Crippen LogP) is 4.79. The molecule has 0 aromatic heterocycles. The third-order valence-corrected chi connectivity index (χ3v) is 4.63. The topological polar surface area (TPSA) is 108 Å². The first-order valence-electron chi connectivity index (χ1n) is 9.04. The molecule has 0 fully saturated rings. The van der Waals surface area contributed by atoms with Gasteiger partial charge in [-0.15, -0.1) is 0 Å². The summed E-state index contributed by atoms with van der Waals surface area (Å²) in [5.41, 5.74) is 0.351. The Balaban J connectivity index is 1.87. The zero-order chi connectivity index (χ0) is 22.4. The molecule has 8 nitrogen and oxygen atoms in total. The number of nitrogens with one attached hydrogen (secondary N) is 1. The number of nitro benzene ring substituents is 1. The van der Waals surface area contributed by atoms with Gasteiger partial charge in [-0.1, -0.05) is 41.9 Å². The summed E-state index contributed by atoms with van der Waals surface area (Å²) in [5.74, 6) is -0.956. The maximum atomic E-state index is 12.9. The van der Waals surface area contributed by atoms with Crippen LogP contribution in [0.25, 0.3) is 0 Å². The molecule has 0 radical (unpaired) electrons. The molecular weight excluding hydrogens is 424 g/mol. The minimum atomic E-state index is -1.31. The highest BCUT2D eigenvalue weighted by molar-refractivity contribution is 6.33. The summed E-state index contributed by atoms with van der Waals surface area (Å²) in [6.07, 6.45) is -1.31. The van der Waals surface area contributed by atoms with E-state index in [2.05, 4.69) is 5.32 Å². The van der Waals surface area contributed by atoms with E-state index in [4.69, 9.17) is 21.1 Å². The Hall–Kier alpha value is -3.91. The smallest absolute Gasteiger partial charge is 0.341 e. The van der Waals surface area contributed by atoms with Gasteiger partial charge in [0.2, 0.25) is 6.10 Å². The highest BCUT2D eigenvalue weighted by Gasteiger charge is 2.27. The summed E-state index contributed by atoms with van der Waals surface area (Å²) < 4.78 is 10.5. The second-order valence-electron chi connectivity index (χ2n) is 6.34. The standard InChI is InChI=1S/C22H17ClN2O6/c1-30-17-10-7-15(8-11-17)24-21(26)20(14-5-3-2-4-6-14)31-22(27)18-13-16(25(28)29)9-12-19(18)23/h2-13,20H,1H3,(H,24,26). The number of nitro groups is 1. The van der Waals surface area contributed by atoms with Crippen LogP contribution in [-0.4, -0.2) is 23.9 Å². The van der Waals surface area contributed by atoms with E-state index in [1.807, 2.05) is 0 Å². The molecule has 1 N–H and O–H groups in total. The van der Waals surface area contributed by atoms with Crippen LogP contribution in [0.3, 0.4) is 0 Å². The van der Waals surface area contributed by atoms with Gasteiger partial charge in [-0.25, -0.2) is 4.79 Å². The molecule has 0 saturated carbocycles. The molecule has 0 aliphatic heterocycles. The van der Waals surface area contributed by atoms with Gasteiger partial charge >= 0.3 is 5.97 Å². The van der Waals surface area contributed by atoms with E-state index in [1.165, 1.54) is 19.2 Å². The van der Waals surface area contributed by atoms with E-state index in [-0.39, 0.29) is 16.3 Å². The minimum absolute atomic E-state index is 0.0297. The number of ether oxygens (including phenoxy) is 2. The van der Waals surface area contributed by atoms with E-state index in [0.717, 1.165) is 6.07 Å². The maximum absolute atomic E-state index is 12.9. The van der Waals surface area contributed by atoms with Gasteiger partial charge in [-0.2, -0.15) is 0 Å². The lowest BCUT2D eigenvalue weighted by molar-refractivity contribution is -0.384. The number of esters is 1. The van der Waals surface area contributed by atoms with E-state index < -0.39 is 22.9 Å². The second-order valence-corrected chi connectivity index (χ2v) is 6.74. The lowest BCUT2D eigenvalue weighted by Gasteiger charge is -2.18. The minimum Gasteiger partial charge on any atom is -0.497 e. The lowest BCUT2D eigenvalue weighted by Crippen LogP contribution is -2.26. The van der Waals surface area contributed by atoms with E-state index in [1.54, 1.807) is 54.6 Å². The molecule has 0 saturated heterocycles. The number of rotatable bonds is 7. The maximum Gasteiger partial charge on any atom is 0.341 e. The van der Waals surface area contributed by atoms with Gasteiger partial charge in [-0.3, -0.25) is 14.9 Å². The zero-order valence-corrected chi connectivity index (χ0v) is 17.0. The van der Waals surface area contributed by atoms with Crippen molar-refractivity contribution in [3.63, 3.8) is 0 Å². The number of halogens is 1. The number of hydrogen-bond acceptors (Lipinski definition) is 6. The molecule has 9 heteroatoms. The summed E-state index contributed by atoms with van der Waals surface area (Å²) in [6, 6.07) is 18.4. The summed E-state index contributed by atoms with van der Waals surface area (Å²) in [5, 5.41) is 13.7. The summed E-state index contributed by atoms with van der Waals surface area (Å²) in [6.45, 7) is 0. The van der Waals surface area contributed by atoms with Crippen molar-refractivity contribution < 1.29 is 24.0 Å². The highest BCUT2D eigenvalue weighted by Crippen LogP contribution is 2.27. The Morgan fingerprint density at radius 3 is 2.32 bits per heavy atom. The van der Waals surface area contributed by atoms with Gasteiger partial charge in [0.25, 0.3) is 11.6 Å². The van der Waals surface area contributed by atoms with Crippen LogP contribution < -0.4 is 10.1 Å². The van der Waals surface area contributed by atoms with Crippen LogP contribution in [0.5, 0.6) is 5.75 Å². The second kappa shape index (κ2) is 9.73. The quantitative estimate of drug-likeness (QED) is 0.321.